The maximum Gasteiger partial charge on any atom is 0.341 e. The Bertz CT molecular complexity index is 772. The van der Waals surface area contributed by atoms with Crippen LogP contribution in [0.5, 0.6) is 0 Å². The summed E-state index contributed by atoms with van der Waals surface area (Å²) in [6.45, 7) is 2.02. The lowest BCUT2D eigenvalue weighted by Crippen LogP contribution is -2.00. The summed E-state index contributed by atoms with van der Waals surface area (Å²) in [7, 11) is 1.35. The summed E-state index contributed by atoms with van der Waals surface area (Å²) in [6, 6.07) is 13.1. The van der Waals surface area contributed by atoms with E-state index < -0.39 is 5.97 Å². The van der Waals surface area contributed by atoms with Gasteiger partial charge >= 0.3 is 5.97 Å². The molecule has 1 aromatic heterocycles. The molecule has 3 aromatic rings. The number of carbonyl (C=O) groups is 1. The van der Waals surface area contributed by atoms with Crippen LogP contribution in [0.2, 0.25) is 0 Å². The van der Waals surface area contributed by atoms with Crippen molar-refractivity contribution in [3.63, 3.8) is 0 Å². The van der Waals surface area contributed by atoms with Crippen LogP contribution in [0.25, 0.3) is 22.6 Å². The second kappa shape index (κ2) is 4.81. The largest absolute Gasteiger partial charge is 0.465 e. The van der Waals surface area contributed by atoms with Gasteiger partial charge in [0.25, 0.3) is 0 Å². The Morgan fingerprint density at radius 1 is 1.15 bits per heavy atom. The van der Waals surface area contributed by atoms with E-state index in [1.54, 1.807) is 12.1 Å². The summed E-state index contributed by atoms with van der Waals surface area (Å²) in [6.07, 6.45) is 0. The minimum Gasteiger partial charge on any atom is -0.465 e. The van der Waals surface area contributed by atoms with Crippen molar-refractivity contribution in [2.75, 3.05) is 7.11 Å². The molecule has 0 saturated heterocycles. The Morgan fingerprint density at radius 2 is 1.90 bits per heavy atom. The topological polar surface area (TPSA) is 52.3 Å². The first-order valence-corrected chi connectivity index (χ1v) is 6.24. The molecular formula is C16H13NO3. The lowest BCUT2D eigenvalue weighted by atomic mass is 10.1. The van der Waals surface area contributed by atoms with E-state index in [9.17, 15) is 4.79 Å². The lowest BCUT2D eigenvalue weighted by Gasteiger charge is -1.98. The molecule has 3 rings (SSSR count). The van der Waals surface area contributed by atoms with Gasteiger partial charge in [0.2, 0.25) is 5.89 Å². The van der Waals surface area contributed by atoms with Crippen molar-refractivity contribution < 1.29 is 13.9 Å². The fourth-order valence-electron chi connectivity index (χ4n) is 2.04. The number of hydrogen-bond donors (Lipinski definition) is 0. The number of aromatic nitrogens is 1. The molecule has 0 atom stereocenters. The minimum absolute atomic E-state index is 0.385. The van der Waals surface area contributed by atoms with E-state index in [4.69, 9.17) is 9.15 Å². The number of benzene rings is 2. The first-order chi connectivity index (χ1) is 9.69. The molecule has 4 nitrogen and oxygen atoms in total. The van der Waals surface area contributed by atoms with Gasteiger partial charge in [0.05, 0.1) is 7.11 Å². The van der Waals surface area contributed by atoms with Crippen molar-refractivity contribution in [2.24, 2.45) is 0 Å². The van der Waals surface area contributed by atoms with E-state index in [0.29, 0.717) is 22.6 Å². The van der Waals surface area contributed by atoms with E-state index in [1.807, 2.05) is 37.3 Å². The number of fused-ring (bicyclic) bond motifs is 1. The molecule has 0 aliphatic rings. The molecule has 0 fully saturated rings. The maximum atomic E-state index is 11.7. The van der Waals surface area contributed by atoms with Crippen LogP contribution < -0.4 is 0 Å². The van der Waals surface area contributed by atoms with Gasteiger partial charge in [-0.15, -0.1) is 0 Å². The highest BCUT2D eigenvalue weighted by molar-refractivity contribution is 6.01. The Kier molecular flexibility index (Phi) is 2.99. The van der Waals surface area contributed by atoms with Gasteiger partial charge in [0.1, 0.15) is 11.1 Å². The van der Waals surface area contributed by atoms with Crippen LogP contribution in [-0.4, -0.2) is 18.1 Å². The number of esters is 1. The first-order valence-electron chi connectivity index (χ1n) is 6.24. The van der Waals surface area contributed by atoms with E-state index in [2.05, 4.69) is 4.98 Å². The molecule has 0 unspecified atom stereocenters. The van der Waals surface area contributed by atoms with Gasteiger partial charge in [-0.05, 0) is 31.2 Å². The SMILES string of the molecule is COC(=O)c1cccc2nc(-c3ccc(C)cc3)oc12. The standard InChI is InChI=1S/C16H13NO3/c1-10-6-8-11(9-7-10)15-17-13-5-3-4-12(14(13)20-15)16(18)19-2/h3-9H,1-2H3. The highest BCUT2D eigenvalue weighted by Gasteiger charge is 2.16. The molecule has 2 aromatic carbocycles. The van der Waals surface area contributed by atoms with Crippen LogP contribution in [0.3, 0.4) is 0 Å². The third-order valence-corrected chi connectivity index (χ3v) is 3.12. The Balaban J connectivity index is 2.15. The second-order valence-electron chi connectivity index (χ2n) is 4.53. The average molecular weight is 267 g/mol. The van der Waals surface area contributed by atoms with Crippen LogP contribution in [-0.2, 0) is 4.74 Å². The number of oxazole rings is 1. The predicted octanol–water partition coefficient (Wildman–Crippen LogP) is 3.59. The van der Waals surface area contributed by atoms with Gasteiger partial charge in [-0.3, -0.25) is 0 Å². The highest BCUT2D eigenvalue weighted by Crippen LogP contribution is 2.27. The molecule has 1 heterocycles. The molecule has 0 N–H and O–H groups in total. The Hall–Kier alpha value is -2.62. The molecular weight excluding hydrogens is 254 g/mol. The van der Waals surface area contributed by atoms with Gasteiger partial charge in [-0.25, -0.2) is 9.78 Å². The second-order valence-corrected chi connectivity index (χ2v) is 4.53. The maximum absolute atomic E-state index is 11.7. The zero-order chi connectivity index (χ0) is 14.1. The van der Waals surface area contributed by atoms with Gasteiger partial charge in [-0.1, -0.05) is 23.8 Å². The van der Waals surface area contributed by atoms with Crippen molar-refractivity contribution >= 4 is 17.1 Å². The summed E-state index contributed by atoms with van der Waals surface area (Å²) in [5.41, 5.74) is 3.52. The fourth-order valence-corrected chi connectivity index (χ4v) is 2.04. The summed E-state index contributed by atoms with van der Waals surface area (Å²) >= 11 is 0. The van der Waals surface area contributed by atoms with Crippen LogP contribution >= 0.6 is 0 Å². The number of methoxy groups -OCH3 is 1. The third kappa shape index (κ3) is 2.05. The molecule has 0 saturated carbocycles. The number of aryl methyl sites for hydroxylation is 1. The molecule has 4 heteroatoms. The summed E-state index contributed by atoms with van der Waals surface area (Å²) in [5, 5.41) is 0. The van der Waals surface area contributed by atoms with E-state index in [0.717, 1.165) is 5.56 Å². The van der Waals surface area contributed by atoms with Crippen molar-refractivity contribution in [1.29, 1.82) is 0 Å². The number of hydrogen-bond acceptors (Lipinski definition) is 4. The molecule has 0 spiro atoms. The highest BCUT2D eigenvalue weighted by atomic mass is 16.5. The van der Waals surface area contributed by atoms with Crippen molar-refractivity contribution in [2.45, 2.75) is 6.92 Å². The van der Waals surface area contributed by atoms with E-state index >= 15 is 0 Å². The molecule has 0 amide bonds. The third-order valence-electron chi connectivity index (χ3n) is 3.12. The minimum atomic E-state index is -0.429. The molecule has 0 bridgehead atoms. The average Bonchev–Trinajstić information content (AvgIpc) is 2.91. The molecule has 0 aliphatic carbocycles. The quantitative estimate of drug-likeness (QED) is 0.666. The predicted molar refractivity (Wildman–Crippen MR) is 75.5 cm³/mol. The van der Waals surface area contributed by atoms with Crippen molar-refractivity contribution in [1.82, 2.24) is 4.98 Å². The monoisotopic (exact) mass is 267 g/mol. The Labute approximate surface area is 116 Å². The fraction of sp³-hybridized carbons (Fsp3) is 0.125. The lowest BCUT2D eigenvalue weighted by molar-refractivity contribution is 0.0602. The van der Waals surface area contributed by atoms with Gasteiger partial charge in [-0.2, -0.15) is 0 Å². The van der Waals surface area contributed by atoms with Crippen molar-refractivity contribution in [3.05, 3.63) is 53.6 Å². The Morgan fingerprint density at radius 3 is 2.60 bits per heavy atom. The number of nitrogens with zero attached hydrogens (tertiary/aromatic N) is 1. The number of para-hydroxylation sites is 1. The van der Waals surface area contributed by atoms with Gasteiger partial charge in [0, 0.05) is 5.56 Å². The number of rotatable bonds is 2. The zero-order valence-electron chi connectivity index (χ0n) is 11.2. The smallest absolute Gasteiger partial charge is 0.341 e. The van der Waals surface area contributed by atoms with Crippen LogP contribution in [0.4, 0.5) is 0 Å². The summed E-state index contributed by atoms with van der Waals surface area (Å²) in [5.74, 6) is 0.0681. The number of ether oxygens (including phenoxy) is 1. The first kappa shape index (κ1) is 12.4. The van der Waals surface area contributed by atoms with Crippen LogP contribution in [0, 0.1) is 6.92 Å². The van der Waals surface area contributed by atoms with Crippen LogP contribution in [0.1, 0.15) is 15.9 Å². The summed E-state index contributed by atoms with van der Waals surface area (Å²) in [4.78, 5) is 16.1. The molecule has 0 aliphatic heterocycles. The van der Waals surface area contributed by atoms with Crippen molar-refractivity contribution in [3.8, 4) is 11.5 Å². The van der Waals surface area contributed by atoms with Crippen LogP contribution in [0.15, 0.2) is 46.9 Å². The van der Waals surface area contributed by atoms with Gasteiger partial charge in [0.15, 0.2) is 5.58 Å². The normalized spacial score (nSPS) is 10.7. The molecule has 0 radical (unpaired) electrons. The molecule has 100 valence electrons. The molecule has 20 heavy (non-hydrogen) atoms. The van der Waals surface area contributed by atoms with E-state index in [-0.39, 0.29) is 0 Å². The van der Waals surface area contributed by atoms with Gasteiger partial charge < -0.3 is 9.15 Å². The van der Waals surface area contributed by atoms with E-state index in [1.165, 1.54) is 12.7 Å². The summed E-state index contributed by atoms with van der Waals surface area (Å²) < 4.78 is 10.5. The number of carbonyl (C=O) groups excluding carboxylic acids is 1. The zero-order valence-corrected chi connectivity index (χ0v) is 11.2.